The molecular formula is C7H7F3N2O2. The van der Waals surface area contributed by atoms with Crippen molar-refractivity contribution in [3.05, 3.63) is 18.2 Å². The van der Waals surface area contributed by atoms with Crippen molar-refractivity contribution in [2.45, 2.75) is 12.7 Å². The summed E-state index contributed by atoms with van der Waals surface area (Å²) < 4.78 is 40.9. The van der Waals surface area contributed by atoms with Crippen LogP contribution in [0.25, 0.3) is 0 Å². The Kier molecular flexibility index (Phi) is 2.78. The molecule has 0 spiro atoms. The molecule has 1 aromatic heterocycles. The van der Waals surface area contributed by atoms with Gasteiger partial charge in [0.15, 0.2) is 0 Å². The Hall–Kier alpha value is -1.53. The topological polar surface area (TPSA) is 44.1 Å². The number of carbonyl (C=O) groups is 1. The molecule has 0 aromatic carbocycles. The lowest BCUT2D eigenvalue weighted by atomic mass is 10.4. The number of nitrogens with zero attached hydrogens (tertiary/aromatic N) is 2. The quantitative estimate of drug-likeness (QED) is 0.686. The summed E-state index contributed by atoms with van der Waals surface area (Å²) in [5.74, 6) is -0.841. The van der Waals surface area contributed by atoms with E-state index < -0.39 is 18.7 Å². The minimum atomic E-state index is -4.39. The van der Waals surface area contributed by atoms with Crippen molar-refractivity contribution in [3.8, 4) is 0 Å². The first-order valence-electron chi connectivity index (χ1n) is 3.59. The Bertz CT molecular complexity index is 332. The second kappa shape index (κ2) is 3.69. The third kappa shape index (κ3) is 2.48. The molecule has 1 aromatic rings. The molecule has 0 aliphatic rings. The van der Waals surface area contributed by atoms with Crippen molar-refractivity contribution >= 4 is 5.97 Å². The predicted octanol–water partition coefficient (Wildman–Crippen LogP) is 1.23. The molecule has 78 valence electrons. The van der Waals surface area contributed by atoms with Crippen LogP contribution in [0.3, 0.4) is 0 Å². The van der Waals surface area contributed by atoms with Crippen LogP contribution in [0.5, 0.6) is 0 Å². The van der Waals surface area contributed by atoms with Gasteiger partial charge in [-0.05, 0) is 0 Å². The maximum Gasteiger partial charge on any atom is 0.406 e. The molecule has 0 radical (unpaired) electrons. The number of aromatic nitrogens is 2. The summed E-state index contributed by atoms with van der Waals surface area (Å²) in [6.07, 6.45) is -2.43. The number of rotatable bonds is 2. The highest BCUT2D eigenvalue weighted by Crippen LogP contribution is 2.18. The van der Waals surface area contributed by atoms with Crippen LogP contribution in [0.1, 0.15) is 10.5 Å². The van der Waals surface area contributed by atoms with Crippen molar-refractivity contribution in [2.24, 2.45) is 0 Å². The summed E-state index contributed by atoms with van der Waals surface area (Å²) in [5.41, 5.74) is -0.218. The monoisotopic (exact) mass is 208 g/mol. The fourth-order valence-electron chi connectivity index (χ4n) is 0.914. The van der Waals surface area contributed by atoms with E-state index in [9.17, 15) is 18.0 Å². The highest BCUT2D eigenvalue weighted by Gasteiger charge is 2.29. The first kappa shape index (κ1) is 10.6. The van der Waals surface area contributed by atoms with Crippen LogP contribution in [-0.2, 0) is 11.3 Å². The van der Waals surface area contributed by atoms with E-state index in [4.69, 9.17) is 0 Å². The molecule has 0 unspecified atom stereocenters. The Labute approximate surface area is 77.3 Å². The van der Waals surface area contributed by atoms with Gasteiger partial charge in [-0.2, -0.15) is 13.2 Å². The summed E-state index contributed by atoms with van der Waals surface area (Å²) in [6, 6.07) is 0. The molecule has 0 atom stereocenters. The number of methoxy groups -OCH3 is 1. The van der Waals surface area contributed by atoms with E-state index in [0.717, 1.165) is 19.6 Å². The SMILES string of the molecule is COC(=O)c1cncn1CC(F)(F)F. The smallest absolute Gasteiger partial charge is 0.406 e. The second-order valence-corrected chi connectivity index (χ2v) is 2.51. The lowest BCUT2D eigenvalue weighted by Crippen LogP contribution is -2.20. The minimum absolute atomic E-state index is 0.218. The number of ether oxygens (including phenoxy) is 1. The summed E-state index contributed by atoms with van der Waals surface area (Å²) in [7, 11) is 1.09. The fourth-order valence-corrected chi connectivity index (χ4v) is 0.914. The molecule has 1 rings (SSSR count). The van der Waals surface area contributed by atoms with Crippen LogP contribution < -0.4 is 0 Å². The van der Waals surface area contributed by atoms with Crippen LogP contribution in [0.4, 0.5) is 13.2 Å². The maximum atomic E-state index is 12.0. The number of alkyl halides is 3. The van der Waals surface area contributed by atoms with E-state index in [-0.39, 0.29) is 5.69 Å². The first-order valence-corrected chi connectivity index (χ1v) is 3.59. The summed E-state index contributed by atoms with van der Waals surface area (Å²) in [4.78, 5) is 14.4. The van der Waals surface area contributed by atoms with Crippen LogP contribution in [0.2, 0.25) is 0 Å². The van der Waals surface area contributed by atoms with Crippen molar-refractivity contribution in [3.63, 3.8) is 0 Å². The normalized spacial score (nSPS) is 11.4. The first-order chi connectivity index (χ1) is 6.44. The molecule has 0 aliphatic heterocycles. The molecule has 0 amide bonds. The van der Waals surface area contributed by atoms with E-state index in [1.165, 1.54) is 0 Å². The molecule has 14 heavy (non-hydrogen) atoms. The minimum Gasteiger partial charge on any atom is -0.464 e. The van der Waals surface area contributed by atoms with Gasteiger partial charge in [-0.3, -0.25) is 0 Å². The van der Waals surface area contributed by atoms with Gasteiger partial charge in [0.05, 0.1) is 19.6 Å². The van der Waals surface area contributed by atoms with Gasteiger partial charge >= 0.3 is 12.1 Å². The Morgan fingerprint density at radius 1 is 1.64 bits per heavy atom. The highest BCUT2D eigenvalue weighted by molar-refractivity contribution is 5.87. The molecule has 1 heterocycles. The molecule has 0 saturated carbocycles. The average Bonchev–Trinajstić information content (AvgIpc) is 2.48. The van der Waals surface area contributed by atoms with Crippen LogP contribution in [0, 0.1) is 0 Å². The number of carbonyl (C=O) groups excluding carboxylic acids is 1. The molecule has 0 fully saturated rings. The van der Waals surface area contributed by atoms with E-state index in [2.05, 4.69) is 9.72 Å². The van der Waals surface area contributed by atoms with Crippen molar-refractivity contribution in [1.82, 2.24) is 9.55 Å². The predicted molar refractivity (Wildman–Crippen MR) is 39.6 cm³/mol. The summed E-state index contributed by atoms with van der Waals surface area (Å²) >= 11 is 0. The van der Waals surface area contributed by atoms with Gasteiger partial charge in [0.1, 0.15) is 12.2 Å². The number of imidazole rings is 1. The van der Waals surface area contributed by atoms with E-state index in [1.54, 1.807) is 0 Å². The summed E-state index contributed by atoms with van der Waals surface area (Å²) in [6.45, 7) is -1.25. The van der Waals surface area contributed by atoms with E-state index in [0.29, 0.717) is 4.57 Å². The maximum absolute atomic E-state index is 12.0. The van der Waals surface area contributed by atoms with Gasteiger partial charge in [0.2, 0.25) is 0 Å². The largest absolute Gasteiger partial charge is 0.464 e. The Morgan fingerprint density at radius 2 is 2.29 bits per heavy atom. The van der Waals surface area contributed by atoms with E-state index >= 15 is 0 Å². The molecule has 7 heteroatoms. The lowest BCUT2D eigenvalue weighted by molar-refractivity contribution is -0.140. The summed E-state index contributed by atoms with van der Waals surface area (Å²) in [5, 5.41) is 0. The van der Waals surface area contributed by atoms with Gasteiger partial charge in [-0.25, -0.2) is 9.78 Å². The molecule has 0 aliphatic carbocycles. The van der Waals surface area contributed by atoms with Crippen LogP contribution in [-0.4, -0.2) is 28.8 Å². The lowest BCUT2D eigenvalue weighted by Gasteiger charge is -2.09. The molecule has 0 N–H and O–H groups in total. The van der Waals surface area contributed by atoms with Gasteiger partial charge in [0.25, 0.3) is 0 Å². The van der Waals surface area contributed by atoms with Gasteiger partial charge in [0, 0.05) is 0 Å². The third-order valence-corrected chi connectivity index (χ3v) is 1.46. The number of esters is 1. The highest BCUT2D eigenvalue weighted by atomic mass is 19.4. The zero-order chi connectivity index (χ0) is 10.8. The Balaban J connectivity index is 2.88. The third-order valence-electron chi connectivity index (χ3n) is 1.46. The zero-order valence-corrected chi connectivity index (χ0v) is 7.21. The van der Waals surface area contributed by atoms with Crippen molar-refractivity contribution < 1.29 is 22.7 Å². The second-order valence-electron chi connectivity index (χ2n) is 2.51. The zero-order valence-electron chi connectivity index (χ0n) is 7.21. The molecular weight excluding hydrogens is 201 g/mol. The standard InChI is InChI=1S/C7H7F3N2O2/c1-14-6(13)5-2-11-4-12(5)3-7(8,9)10/h2,4H,3H2,1H3. The van der Waals surface area contributed by atoms with Gasteiger partial charge in [-0.1, -0.05) is 0 Å². The van der Waals surface area contributed by atoms with Crippen molar-refractivity contribution in [1.29, 1.82) is 0 Å². The van der Waals surface area contributed by atoms with Crippen LogP contribution in [0.15, 0.2) is 12.5 Å². The van der Waals surface area contributed by atoms with Gasteiger partial charge < -0.3 is 9.30 Å². The van der Waals surface area contributed by atoms with E-state index in [1.807, 2.05) is 0 Å². The fraction of sp³-hybridized carbons (Fsp3) is 0.429. The molecule has 4 nitrogen and oxygen atoms in total. The van der Waals surface area contributed by atoms with Gasteiger partial charge in [-0.15, -0.1) is 0 Å². The Morgan fingerprint density at radius 3 is 2.79 bits per heavy atom. The number of halogens is 3. The van der Waals surface area contributed by atoms with Crippen LogP contribution >= 0.6 is 0 Å². The average molecular weight is 208 g/mol. The molecule has 0 saturated heterocycles. The number of hydrogen-bond acceptors (Lipinski definition) is 3. The van der Waals surface area contributed by atoms with Crippen molar-refractivity contribution in [2.75, 3.05) is 7.11 Å². The molecule has 0 bridgehead atoms. The number of hydrogen-bond donors (Lipinski definition) is 0.